The van der Waals surface area contributed by atoms with Crippen LogP contribution in [-0.2, 0) is 10.0 Å². The van der Waals surface area contributed by atoms with E-state index < -0.39 is 21.8 Å². The highest BCUT2D eigenvalue weighted by Gasteiger charge is 2.39. The van der Waals surface area contributed by atoms with Crippen LogP contribution in [0.15, 0.2) is 15.4 Å². The van der Waals surface area contributed by atoms with Crippen LogP contribution in [0.3, 0.4) is 0 Å². The minimum absolute atomic E-state index is 0.0463. The number of carboxylic acid groups (broad SMARTS) is 1. The lowest BCUT2D eigenvalue weighted by Gasteiger charge is -2.19. The standard InChI is InChI=1S/C12H14N2O5S/c1-8-11(7-10(19-8)12(15)16)20(17,18)14(6-2-5-13)9-3-4-9/h7,9H,2-4,6H2,1H3,(H,15,16). The Hall–Kier alpha value is -1.85. The van der Waals surface area contributed by atoms with E-state index in [1.165, 1.54) is 11.2 Å². The molecule has 0 radical (unpaired) electrons. The highest BCUT2D eigenvalue weighted by molar-refractivity contribution is 7.89. The first kappa shape index (κ1) is 14.6. The summed E-state index contributed by atoms with van der Waals surface area (Å²) in [5, 5.41) is 17.5. The second-order valence-corrected chi connectivity index (χ2v) is 6.45. The third-order valence-corrected chi connectivity index (χ3v) is 5.13. The Morgan fingerprint density at radius 2 is 2.25 bits per heavy atom. The van der Waals surface area contributed by atoms with Gasteiger partial charge in [0.15, 0.2) is 0 Å². The lowest BCUT2D eigenvalue weighted by Crippen LogP contribution is -2.34. The number of furan rings is 1. The quantitative estimate of drug-likeness (QED) is 0.848. The van der Waals surface area contributed by atoms with Crippen LogP contribution >= 0.6 is 0 Å². The number of hydrogen-bond donors (Lipinski definition) is 1. The molecular formula is C12H14N2O5S. The van der Waals surface area contributed by atoms with Crippen molar-refractivity contribution < 1.29 is 22.7 Å². The van der Waals surface area contributed by atoms with Crippen molar-refractivity contribution in [3.8, 4) is 6.07 Å². The molecule has 1 N–H and O–H groups in total. The Bertz CT molecular complexity index is 667. The zero-order chi connectivity index (χ0) is 14.9. The van der Waals surface area contributed by atoms with Gasteiger partial charge < -0.3 is 9.52 Å². The Morgan fingerprint density at radius 1 is 1.60 bits per heavy atom. The normalized spacial score (nSPS) is 15.2. The molecule has 7 nitrogen and oxygen atoms in total. The van der Waals surface area contributed by atoms with Gasteiger partial charge in [-0.15, -0.1) is 0 Å². The zero-order valence-corrected chi connectivity index (χ0v) is 11.7. The average Bonchev–Trinajstić information content (AvgIpc) is 3.10. The smallest absolute Gasteiger partial charge is 0.371 e. The highest BCUT2D eigenvalue weighted by Crippen LogP contribution is 2.33. The topological polar surface area (TPSA) is 112 Å². The minimum atomic E-state index is -3.83. The molecule has 0 amide bonds. The van der Waals surface area contributed by atoms with Gasteiger partial charge >= 0.3 is 5.97 Å². The maximum Gasteiger partial charge on any atom is 0.371 e. The number of rotatable bonds is 6. The fraction of sp³-hybridized carbons (Fsp3) is 0.500. The molecule has 20 heavy (non-hydrogen) atoms. The number of aromatic carboxylic acids is 1. The fourth-order valence-electron chi connectivity index (χ4n) is 1.97. The van der Waals surface area contributed by atoms with Gasteiger partial charge in [0.2, 0.25) is 15.8 Å². The van der Waals surface area contributed by atoms with Crippen LogP contribution in [0.5, 0.6) is 0 Å². The summed E-state index contributed by atoms with van der Waals surface area (Å²) in [6.07, 6.45) is 1.61. The van der Waals surface area contributed by atoms with E-state index >= 15 is 0 Å². The van der Waals surface area contributed by atoms with E-state index in [2.05, 4.69) is 0 Å². The first-order chi connectivity index (χ1) is 9.37. The number of hydrogen-bond acceptors (Lipinski definition) is 5. The molecule has 0 aliphatic heterocycles. The second kappa shape index (κ2) is 5.26. The van der Waals surface area contributed by atoms with Gasteiger partial charge in [-0.1, -0.05) is 0 Å². The van der Waals surface area contributed by atoms with Crippen LogP contribution in [0.4, 0.5) is 0 Å². The molecule has 0 aromatic carbocycles. The third-order valence-electron chi connectivity index (χ3n) is 3.07. The molecule has 1 aromatic rings. The van der Waals surface area contributed by atoms with Crippen molar-refractivity contribution in [3.63, 3.8) is 0 Å². The molecular weight excluding hydrogens is 284 g/mol. The van der Waals surface area contributed by atoms with Crippen LogP contribution in [0.2, 0.25) is 0 Å². The average molecular weight is 298 g/mol. The summed E-state index contributed by atoms with van der Waals surface area (Å²) in [5.74, 6) is -1.67. The van der Waals surface area contributed by atoms with Gasteiger partial charge in [0, 0.05) is 25.1 Å². The molecule has 0 atom stereocenters. The van der Waals surface area contributed by atoms with E-state index in [0.717, 1.165) is 18.9 Å². The molecule has 0 spiro atoms. The van der Waals surface area contributed by atoms with Crippen molar-refractivity contribution in [1.82, 2.24) is 4.31 Å². The molecule has 8 heteroatoms. The first-order valence-corrected chi connectivity index (χ1v) is 7.54. The van der Waals surface area contributed by atoms with Crippen LogP contribution in [0.1, 0.15) is 35.6 Å². The summed E-state index contributed by atoms with van der Waals surface area (Å²) < 4.78 is 31.3. The molecule has 1 heterocycles. The largest absolute Gasteiger partial charge is 0.475 e. The SMILES string of the molecule is Cc1oc(C(=O)O)cc1S(=O)(=O)N(CCC#N)C1CC1. The Morgan fingerprint density at radius 3 is 2.70 bits per heavy atom. The van der Waals surface area contributed by atoms with Gasteiger partial charge in [-0.25, -0.2) is 13.2 Å². The van der Waals surface area contributed by atoms with E-state index in [1.54, 1.807) is 0 Å². The Labute approximate surface area is 116 Å². The molecule has 0 bridgehead atoms. The van der Waals surface area contributed by atoms with Crippen LogP contribution in [-0.4, -0.2) is 36.4 Å². The molecule has 1 aliphatic rings. The molecule has 1 saturated carbocycles. The van der Waals surface area contributed by atoms with Crippen molar-refractivity contribution in [2.75, 3.05) is 6.54 Å². The predicted octanol–water partition coefficient (Wildman–Crippen LogP) is 1.35. The van der Waals surface area contributed by atoms with E-state index in [-0.39, 0.29) is 29.7 Å². The number of aryl methyl sites for hydroxylation is 1. The third kappa shape index (κ3) is 2.69. The zero-order valence-electron chi connectivity index (χ0n) is 10.9. The second-order valence-electron chi connectivity index (χ2n) is 4.59. The number of carbonyl (C=O) groups is 1. The van der Waals surface area contributed by atoms with Crippen molar-refractivity contribution in [3.05, 3.63) is 17.6 Å². The highest BCUT2D eigenvalue weighted by atomic mass is 32.2. The number of sulfonamides is 1. The molecule has 0 unspecified atom stereocenters. The van der Waals surface area contributed by atoms with Gasteiger partial charge in [0.05, 0.1) is 6.07 Å². The Kier molecular flexibility index (Phi) is 3.83. The van der Waals surface area contributed by atoms with Gasteiger partial charge in [-0.3, -0.25) is 0 Å². The van der Waals surface area contributed by atoms with Crippen LogP contribution < -0.4 is 0 Å². The molecule has 108 valence electrons. The van der Waals surface area contributed by atoms with E-state index in [4.69, 9.17) is 14.8 Å². The molecule has 1 aromatic heterocycles. The van der Waals surface area contributed by atoms with E-state index in [1.807, 2.05) is 6.07 Å². The fourth-order valence-corrected chi connectivity index (χ4v) is 3.82. The lowest BCUT2D eigenvalue weighted by atomic mass is 10.4. The van der Waals surface area contributed by atoms with Crippen molar-refractivity contribution >= 4 is 16.0 Å². The monoisotopic (exact) mass is 298 g/mol. The lowest BCUT2D eigenvalue weighted by molar-refractivity contribution is 0.0661. The summed E-state index contributed by atoms with van der Waals surface area (Å²) in [6.45, 7) is 1.52. The first-order valence-electron chi connectivity index (χ1n) is 6.10. The van der Waals surface area contributed by atoms with Gasteiger partial charge in [-0.05, 0) is 19.8 Å². The molecule has 1 aliphatic carbocycles. The summed E-state index contributed by atoms with van der Waals surface area (Å²) in [4.78, 5) is 10.7. The number of nitrogens with zero attached hydrogens (tertiary/aromatic N) is 2. The number of carboxylic acids is 1. The summed E-state index contributed by atoms with van der Waals surface area (Å²) >= 11 is 0. The molecule has 0 saturated heterocycles. The van der Waals surface area contributed by atoms with E-state index in [0.29, 0.717) is 0 Å². The van der Waals surface area contributed by atoms with Crippen molar-refractivity contribution in [2.45, 2.75) is 37.1 Å². The maximum absolute atomic E-state index is 12.5. The number of nitriles is 1. The van der Waals surface area contributed by atoms with Crippen LogP contribution in [0, 0.1) is 18.3 Å². The molecule has 1 fully saturated rings. The Balaban J connectivity index is 2.37. The van der Waals surface area contributed by atoms with Gasteiger partial charge in [-0.2, -0.15) is 9.57 Å². The molecule has 2 rings (SSSR count). The van der Waals surface area contributed by atoms with Gasteiger partial charge in [0.1, 0.15) is 10.7 Å². The van der Waals surface area contributed by atoms with Crippen molar-refractivity contribution in [1.29, 1.82) is 5.26 Å². The van der Waals surface area contributed by atoms with Gasteiger partial charge in [0.25, 0.3) is 0 Å². The minimum Gasteiger partial charge on any atom is -0.475 e. The van der Waals surface area contributed by atoms with Crippen LogP contribution in [0.25, 0.3) is 0 Å². The predicted molar refractivity (Wildman–Crippen MR) is 67.5 cm³/mol. The van der Waals surface area contributed by atoms with E-state index in [9.17, 15) is 13.2 Å². The van der Waals surface area contributed by atoms with Crippen molar-refractivity contribution in [2.24, 2.45) is 0 Å². The summed E-state index contributed by atoms with van der Waals surface area (Å²) in [7, 11) is -3.83. The maximum atomic E-state index is 12.5. The summed E-state index contributed by atoms with van der Waals surface area (Å²) in [5.41, 5.74) is 0. The summed E-state index contributed by atoms with van der Waals surface area (Å²) in [6, 6.07) is 2.84.